The molecule has 0 aromatic heterocycles. The van der Waals surface area contributed by atoms with Crippen LogP contribution in [-0.2, 0) is 0 Å². The molecule has 22 heavy (non-hydrogen) atoms. The standard InChI is InChI=1S/C18H17NO2S/c1-2-11-19-18(21)15-9-6-10-16(12-15)22-13-17(20)14-7-4-3-5-8-14/h2-10,12H,1,11,13H2,(H,19,21). The van der Waals surface area contributed by atoms with Gasteiger partial charge in [0.2, 0.25) is 0 Å². The molecular formula is C18H17NO2S. The molecule has 0 radical (unpaired) electrons. The molecule has 0 aliphatic heterocycles. The molecule has 0 aliphatic rings. The average Bonchev–Trinajstić information content (AvgIpc) is 2.58. The fraction of sp³-hybridized carbons (Fsp3) is 0.111. The van der Waals surface area contributed by atoms with Crippen molar-refractivity contribution in [3.63, 3.8) is 0 Å². The lowest BCUT2D eigenvalue weighted by Gasteiger charge is -2.05. The monoisotopic (exact) mass is 311 g/mol. The van der Waals surface area contributed by atoms with Crippen molar-refractivity contribution in [3.8, 4) is 0 Å². The summed E-state index contributed by atoms with van der Waals surface area (Å²) in [5.41, 5.74) is 1.29. The number of thioether (sulfide) groups is 1. The van der Waals surface area contributed by atoms with Crippen molar-refractivity contribution in [2.75, 3.05) is 12.3 Å². The van der Waals surface area contributed by atoms with Crippen LogP contribution in [0.15, 0.2) is 72.1 Å². The molecule has 0 saturated heterocycles. The Hall–Kier alpha value is -2.33. The van der Waals surface area contributed by atoms with Crippen LogP contribution >= 0.6 is 11.8 Å². The molecule has 4 heteroatoms. The number of amides is 1. The maximum atomic E-state index is 12.1. The van der Waals surface area contributed by atoms with Gasteiger partial charge in [0.1, 0.15) is 0 Å². The molecule has 2 rings (SSSR count). The highest BCUT2D eigenvalue weighted by atomic mass is 32.2. The SMILES string of the molecule is C=CCNC(=O)c1cccc(SCC(=O)c2ccccc2)c1. The first-order valence-electron chi connectivity index (χ1n) is 6.91. The van der Waals surface area contributed by atoms with Crippen molar-refractivity contribution in [2.45, 2.75) is 4.90 Å². The van der Waals surface area contributed by atoms with Gasteiger partial charge < -0.3 is 5.32 Å². The van der Waals surface area contributed by atoms with E-state index in [0.717, 1.165) is 4.90 Å². The van der Waals surface area contributed by atoms with Crippen LogP contribution in [0.1, 0.15) is 20.7 Å². The quantitative estimate of drug-likeness (QED) is 0.483. The Morgan fingerprint density at radius 2 is 1.77 bits per heavy atom. The van der Waals surface area contributed by atoms with Crippen LogP contribution in [0.3, 0.4) is 0 Å². The van der Waals surface area contributed by atoms with Crippen LogP contribution in [0.25, 0.3) is 0 Å². The fourth-order valence-electron chi connectivity index (χ4n) is 1.85. The second-order valence-electron chi connectivity index (χ2n) is 4.60. The highest BCUT2D eigenvalue weighted by molar-refractivity contribution is 8.00. The maximum absolute atomic E-state index is 12.1. The van der Waals surface area contributed by atoms with Gasteiger partial charge in [-0.1, -0.05) is 42.5 Å². The van der Waals surface area contributed by atoms with Gasteiger partial charge in [-0.15, -0.1) is 18.3 Å². The Balaban J connectivity index is 1.97. The summed E-state index contributed by atoms with van der Waals surface area (Å²) in [7, 11) is 0. The molecule has 0 unspecified atom stereocenters. The van der Waals surface area contributed by atoms with Gasteiger partial charge >= 0.3 is 0 Å². The predicted molar refractivity (Wildman–Crippen MR) is 90.5 cm³/mol. The summed E-state index contributed by atoms with van der Waals surface area (Å²) < 4.78 is 0. The summed E-state index contributed by atoms with van der Waals surface area (Å²) in [6.07, 6.45) is 1.63. The molecule has 0 bridgehead atoms. The molecule has 2 aromatic rings. The minimum absolute atomic E-state index is 0.0760. The summed E-state index contributed by atoms with van der Waals surface area (Å²) in [6.45, 7) is 4.00. The van der Waals surface area contributed by atoms with Crippen LogP contribution in [-0.4, -0.2) is 24.0 Å². The number of ketones is 1. The lowest BCUT2D eigenvalue weighted by atomic mass is 10.2. The largest absolute Gasteiger partial charge is 0.349 e. The third kappa shape index (κ3) is 4.60. The number of carbonyl (C=O) groups is 2. The molecule has 0 atom stereocenters. The van der Waals surface area contributed by atoms with E-state index in [2.05, 4.69) is 11.9 Å². The van der Waals surface area contributed by atoms with Crippen LogP contribution < -0.4 is 5.32 Å². The van der Waals surface area contributed by atoms with Gasteiger partial charge in [0.15, 0.2) is 5.78 Å². The molecule has 1 N–H and O–H groups in total. The summed E-state index contributed by atoms with van der Waals surface area (Å²) in [6, 6.07) is 16.5. The van der Waals surface area contributed by atoms with Crippen molar-refractivity contribution >= 4 is 23.5 Å². The van der Waals surface area contributed by atoms with E-state index < -0.39 is 0 Å². The number of Topliss-reactive ketones (excluding diaryl/α,β-unsaturated/α-hetero) is 1. The Bertz CT molecular complexity index is 668. The maximum Gasteiger partial charge on any atom is 0.251 e. The lowest BCUT2D eigenvalue weighted by molar-refractivity contribution is 0.0957. The van der Waals surface area contributed by atoms with E-state index in [1.54, 1.807) is 18.2 Å². The molecule has 3 nitrogen and oxygen atoms in total. The minimum Gasteiger partial charge on any atom is -0.349 e. The number of hydrogen-bond donors (Lipinski definition) is 1. The minimum atomic E-state index is -0.142. The van der Waals surface area contributed by atoms with Crippen molar-refractivity contribution in [1.29, 1.82) is 0 Å². The summed E-state index contributed by atoms with van der Waals surface area (Å²) in [5.74, 6) is 0.283. The van der Waals surface area contributed by atoms with Crippen LogP contribution in [0.4, 0.5) is 0 Å². The molecule has 0 fully saturated rings. The van der Waals surface area contributed by atoms with Crippen LogP contribution in [0, 0.1) is 0 Å². The van der Waals surface area contributed by atoms with Crippen molar-refractivity contribution in [1.82, 2.24) is 5.32 Å². The van der Waals surface area contributed by atoms with Gasteiger partial charge in [-0.2, -0.15) is 0 Å². The lowest BCUT2D eigenvalue weighted by Crippen LogP contribution is -2.23. The third-order valence-corrected chi connectivity index (χ3v) is 3.96. The second kappa shape index (κ2) is 8.20. The van der Waals surface area contributed by atoms with E-state index >= 15 is 0 Å². The molecule has 112 valence electrons. The van der Waals surface area contributed by atoms with Crippen LogP contribution in [0.2, 0.25) is 0 Å². The highest BCUT2D eigenvalue weighted by Gasteiger charge is 2.08. The zero-order valence-electron chi connectivity index (χ0n) is 12.1. The topological polar surface area (TPSA) is 46.2 Å². The number of nitrogens with one attached hydrogen (secondary N) is 1. The van der Waals surface area contributed by atoms with E-state index in [-0.39, 0.29) is 11.7 Å². The van der Waals surface area contributed by atoms with Gasteiger partial charge in [0.05, 0.1) is 5.75 Å². The van der Waals surface area contributed by atoms with Crippen molar-refractivity contribution in [3.05, 3.63) is 78.4 Å². The first-order valence-corrected chi connectivity index (χ1v) is 7.89. The summed E-state index contributed by atoms with van der Waals surface area (Å²) in [4.78, 5) is 24.8. The van der Waals surface area contributed by atoms with Crippen molar-refractivity contribution < 1.29 is 9.59 Å². The number of carbonyl (C=O) groups excluding carboxylic acids is 2. The van der Waals surface area contributed by atoms with Gasteiger partial charge in [0.25, 0.3) is 5.91 Å². The smallest absolute Gasteiger partial charge is 0.251 e. The average molecular weight is 311 g/mol. The fourth-order valence-corrected chi connectivity index (χ4v) is 2.70. The third-order valence-electron chi connectivity index (χ3n) is 2.97. The van der Waals surface area contributed by atoms with Gasteiger partial charge in [0, 0.05) is 22.6 Å². The number of benzene rings is 2. The summed E-state index contributed by atoms with van der Waals surface area (Å²) in [5, 5.41) is 2.73. The molecule has 0 spiro atoms. The zero-order chi connectivity index (χ0) is 15.8. The highest BCUT2D eigenvalue weighted by Crippen LogP contribution is 2.20. The van der Waals surface area contributed by atoms with Crippen LogP contribution in [0.5, 0.6) is 0 Å². The van der Waals surface area contributed by atoms with E-state index in [1.807, 2.05) is 42.5 Å². The zero-order valence-corrected chi connectivity index (χ0v) is 12.9. The van der Waals surface area contributed by atoms with Crippen molar-refractivity contribution in [2.24, 2.45) is 0 Å². The Labute approximate surface area is 134 Å². The molecule has 0 saturated carbocycles. The molecule has 1 amide bonds. The van der Waals surface area contributed by atoms with Gasteiger partial charge in [-0.3, -0.25) is 9.59 Å². The van der Waals surface area contributed by atoms with Gasteiger partial charge in [-0.25, -0.2) is 0 Å². The number of hydrogen-bond acceptors (Lipinski definition) is 3. The van der Waals surface area contributed by atoms with E-state index in [4.69, 9.17) is 0 Å². The first-order chi connectivity index (χ1) is 10.7. The predicted octanol–water partition coefficient (Wildman–Crippen LogP) is 3.58. The Kier molecular flexibility index (Phi) is 5.98. The van der Waals surface area contributed by atoms with E-state index in [0.29, 0.717) is 23.4 Å². The second-order valence-corrected chi connectivity index (χ2v) is 5.65. The molecule has 2 aromatic carbocycles. The summed E-state index contributed by atoms with van der Waals surface area (Å²) >= 11 is 1.43. The Morgan fingerprint density at radius 3 is 2.50 bits per heavy atom. The first kappa shape index (κ1) is 16.0. The Morgan fingerprint density at radius 1 is 1.05 bits per heavy atom. The molecular weight excluding hydrogens is 294 g/mol. The van der Waals surface area contributed by atoms with E-state index in [1.165, 1.54) is 11.8 Å². The molecule has 0 heterocycles. The normalized spacial score (nSPS) is 10.0. The number of rotatable bonds is 7. The molecule has 0 aliphatic carbocycles. The van der Waals surface area contributed by atoms with Gasteiger partial charge in [-0.05, 0) is 18.2 Å². The van der Waals surface area contributed by atoms with E-state index in [9.17, 15) is 9.59 Å².